The number of nitrogens with zero attached hydrogens (tertiary/aromatic N) is 2. The quantitative estimate of drug-likeness (QED) is 0.808. The van der Waals surface area contributed by atoms with E-state index in [1.807, 2.05) is 6.92 Å². The highest BCUT2D eigenvalue weighted by molar-refractivity contribution is 6.35. The van der Waals surface area contributed by atoms with Crippen LogP contribution in [0.4, 0.5) is 0 Å². The number of hydrogen-bond donors (Lipinski definition) is 0. The molecule has 0 fully saturated rings. The second-order valence-corrected chi connectivity index (χ2v) is 4.85. The van der Waals surface area contributed by atoms with Gasteiger partial charge in [-0.05, 0) is 32.0 Å². The summed E-state index contributed by atoms with van der Waals surface area (Å²) in [6.45, 7) is 3.60. The fraction of sp³-hybridized carbons (Fsp3) is 0.143. The average molecular weight is 293 g/mol. The van der Waals surface area contributed by atoms with E-state index in [1.54, 1.807) is 31.2 Å². The highest BCUT2D eigenvalue weighted by Crippen LogP contribution is 2.33. The smallest absolute Gasteiger partial charge is 0.148 e. The van der Waals surface area contributed by atoms with Crippen molar-refractivity contribution in [3.8, 4) is 17.6 Å². The summed E-state index contributed by atoms with van der Waals surface area (Å²) in [4.78, 5) is 4.23. The third-order valence-corrected chi connectivity index (χ3v) is 3.05. The Bertz CT molecular complexity index is 678. The lowest BCUT2D eigenvalue weighted by Crippen LogP contribution is -1.96. The van der Waals surface area contributed by atoms with Crippen molar-refractivity contribution in [3.05, 3.63) is 51.3 Å². The summed E-state index contributed by atoms with van der Waals surface area (Å²) in [5.74, 6) is 0.893. The van der Waals surface area contributed by atoms with Crippen LogP contribution in [0.2, 0.25) is 10.0 Å². The molecule has 0 saturated carbocycles. The van der Waals surface area contributed by atoms with Gasteiger partial charge in [-0.15, -0.1) is 0 Å². The summed E-state index contributed by atoms with van der Waals surface area (Å²) in [7, 11) is 0. The van der Waals surface area contributed by atoms with Crippen molar-refractivity contribution < 1.29 is 4.74 Å². The minimum absolute atomic E-state index is 0.392. The first-order valence-electron chi connectivity index (χ1n) is 5.52. The Hall–Kier alpha value is -1.76. The zero-order chi connectivity index (χ0) is 14.0. The number of nitriles is 1. The number of aromatic nitrogens is 1. The van der Waals surface area contributed by atoms with Crippen molar-refractivity contribution in [2.75, 3.05) is 0 Å². The van der Waals surface area contributed by atoms with Crippen LogP contribution < -0.4 is 4.74 Å². The van der Waals surface area contributed by atoms with Crippen molar-refractivity contribution >= 4 is 23.2 Å². The monoisotopic (exact) mass is 292 g/mol. The molecule has 0 atom stereocenters. The number of aryl methyl sites for hydroxylation is 2. The summed E-state index contributed by atoms with van der Waals surface area (Å²) in [5.41, 5.74) is 1.80. The van der Waals surface area contributed by atoms with E-state index in [1.165, 1.54) is 0 Å². The zero-order valence-electron chi connectivity index (χ0n) is 10.4. The first kappa shape index (κ1) is 13.7. The van der Waals surface area contributed by atoms with E-state index in [-0.39, 0.29) is 0 Å². The molecule has 96 valence electrons. The molecule has 0 spiro atoms. The minimum atomic E-state index is 0.392. The summed E-state index contributed by atoms with van der Waals surface area (Å²) in [6.07, 6.45) is 0. The van der Waals surface area contributed by atoms with E-state index < -0.39 is 0 Å². The van der Waals surface area contributed by atoms with Gasteiger partial charge in [-0.2, -0.15) is 5.26 Å². The molecule has 1 heterocycles. The molecule has 0 amide bonds. The lowest BCUT2D eigenvalue weighted by molar-refractivity contribution is 0.479. The average Bonchev–Trinajstić information content (AvgIpc) is 2.32. The Kier molecular flexibility index (Phi) is 3.94. The fourth-order valence-corrected chi connectivity index (χ4v) is 2.13. The zero-order valence-corrected chi connectivity index (χ0v) is 11.9. The van der Waals surface area contributed by atoms with Gasteiger partial charge in [0.1, 0.15) is 23.1 Å². The first-order chi connectivity index (χ1) is 9.01. The van der Waals surface area contributed by atoms with Crippen molar-refractivity contribution in [2.45, 2.75) is 13.8 Å². The standard InChI is InChI=1S/C14H10Cl2N2O/c1-8-5-14(11(7-17)9(2)18-8)19-13-4-3-10(15)6-12(13)16/h3-6H,1-2H3. The Morgan fingerprint density at radius 3 is 2.53 bits per heavy atom. The molecular weight excluding hydrogens is 283 g/mol. The Balaban J connectivity index is 2.46. The van der Waals surface area contributed by atoms with Crippen molar-refractivity contribution in [1.82, 2.24) is 4.98 Å². The van der Waals surface area contributed by atoms with Gasteiger partial charge in [0, 0.05) is 16.8 Å². The summed E-state index contributed by atoms with van der Waals surface area (Å²) in [6, 6.07) is 8.72. The maximum absolute atomic E-state index is 9.16. The van der Waals surface area contributed by atoms with Gasteiger partial charge in [0.2, 0.25) is 0 Å². The Morgan fingerprint density at radius 1 is 1.16 bits per heavy atom. The molecule has 0 aliphatic rings. The summed E-state index contributed by atoms with van der Waals surface area (Å²) < 4.78 is 5.69. The van der Waals surface area contributed by atoms with E-state index in [2.05, 4.69) is 11.1 Å². The van der Waals surface area contributed by atoms with Crippen LogP contribution in [0, 0.1) is 25.2 Å². The van der Waals surface area contributed by atoms with Crippen molar-refractivity contribution in [2.24, 2.45) is 0 Å². The highest BCUT2D eigenvalue weighted by atomic mass is 35.5. The summed E-state index contributed by atoms with van der Waals surface area (Å²) in [5, 5.41) is 10.1. The van der Waals surface area contributed by atoms with Crippen LogP contribution in [-0.2, 0) is 0 Å². The predicted molar refractivity (Wildman–Crippen MR) is 75.0 cm³/mol. The SMILES string of the molecule is Cc1cc(Oc2ccc(Cl)cc2Cl)c(C#N)c(C)n1. The van der Waals surface area contributed by atoms with Crippen LogP contribution >= 0.6 is 23.2 Å². The molecule has 0 bridgehead atoms. The molecule has 0 aliphatic carbocycles. The fourth-order valence-electron chi connectivity index (χ4n) is 1.69. The van der Waals surface area contributed by atoms with Crippen LogP contribution in [0.1, 0.15) is 17.0 Å². The number of pyridine rings is 1. The maximum Gasteiger partial charge on any atom is 0.148 e. The van der Waals surface area contributed by atoms with Crippen LogP contribution in [-0.4, -0.2) is 4.98 Å². The van der Waals surface area contributed by atoms with E-state index in [0.29, 0.717) is 32.8 Å². The molecule has 1 aromatic heterocycles. The highest BCUT2D eigenvalue weighted by Gasteiger charge is 2.12. The van der Waals surface area contributed by atoms with Gasteiger partial charge in [-0.25, -0.2) is 0 Å². The molecule has 3 nitrogen and oxygen atoms in total. The van der Waals surface area contributed by atoms with Gasteiger partial charge in [-0.1, -0.05) is 23.2 Å². The van der Waals surface area contributed by atoms with E-state index in [0.717, 1.165) is 5.69 Å². The lowest BCUT2D eigenvalue weighted by atomic mass is 10.2. The Labute approximate surface area is 121 Å². The third kappa shape index (κ3) is 2.98. The molecule has 19 heavy (non-hydrogen) atoms. The van der Waals surface area contributed by atoms with Crippen LogP contribution in [0.5, 0.6) is 11.5 Å². The normalized spacial score (nSPS) is 10.1. The predicted octanol–water partition coefficient (Wildman–Crippen LogP) is 4.67. The molecular formula is C14H10Cl2N2O. The first-order valence-corrected chi connectivity index (χ1v) is 6.28. The topological polar surface area (TPSA) is 45.9 Å². The summed E-state index contributed by atoms with van der Waals surface area (Å²) >= 11 is 11.9. The molecule has 2 aromatic rings. The van der Waals surface area contributed by atoms with Gasteiger partial charge in [0.15, 0.2) is 0 Å². The molecule has 0 aliphatic heterocycles. The van der Waals surface area contributed by atoms with E-state index >= 15 is 0 Å². The second kappa shape index (κ2) is 5.48. The van der Waals surface area contributed by atoms with Crippen molar-refractivity contribution in [1.29, 1.82) is 5.26 Å². The number of ether oxygens (including phenoxy) is 1. The molecule has 0 unspecified atom stereocenters. The van der Waals surface area contributed by atoms with Crippen LogP contribution in [0.3, 0.4) is 0 Å². The minimum Gasteiger partial charge on any atom is -0.454 e. The molecule has 0 saturated heterocycles. The van der Waals surface area contributed by atoms with Crippen molar-refractivity contribution in [3.63, 3.8) is 0 Å². The molecule has 5 heteroatoms. The maximum atomic E-state index is 9.16. The lowest BCUT2D eigenvalue weighted by Gasteiger charge is -2.11. The van der Waals surface area contributed by atoms with Crippen LogP contribution in [0.15, 0.2) is 24.3 Å². The van der Waals surface area contributed by atoms with Gasteiger partial charge in [-0.3, -0.25) is 4.98 Å². The molecule has 1 aromatic carbocycles. The third-order valence-electron chi connectivity index (χ3n) is 2.52. The molecule has 0 N–H and O–H groups in total. The Morgan fingerprint density at radius 2 is 1.89 bits per heavy atom. The number of halogens is 2. The number of rotatable bonds is 2. The van der Waals surface area contributed by atoms with Gasteiger partial charge >= 0.3 is 0 Å². The molecule has 0 radical (unpaired) electrons. The van der Waals surface area contributed by atoms with Gasteiger partial charge in [0.25, 0.3) is 0 Å². The largest absolute Gasteiger partial charge is 0.454 e. The molecule has 2 rings (SSSR count). The van der Waals surface area contributed by atoms with Gasteiger partial charge < -0.3 is 4.74 Å². The van der Waals surface area contributed by atoms with Crippen LogP contribution in [0.25, 0.3) is 0 Å². The number of benzene rings is 1. The van der Waals surface area contributed by atoms with E-state index in [9.17, 15) is 0 Å². The van der Waals surface area contributed by atoms with Gasteiger partial charge in [0.05, 0.1) is 10.7 Å². The second-order valence-electron chi connectivity index (χ2n) is 4.01. The number of hydrogen-bond acceptors (Lipinski definition) is 3. The van der Waals surface area contributed by atoms with E-state index in [4.69, 9.17) is 33.2 Å².